The van der Waals surface area contributed by atoms with Crippen LogP contribution in [0, 0.1) is 17.8 Å². The van der Waals surface area contributed by atoms with Crippen LogP contribution in [0.15, 0.2) is 12.4 Å². The molecule has 2 bridgehead atoms. The molecule has 2 saturated carbocycles. The minimum atomic E-state index is 0.0315. The summed E-state index contributed by atoms with van der Waals surface area (Å²) in [5.41, 5.74) is 6.24. The van der Waals surface area contributed by atoms with Gasteiger partial charge in [-0.3, -0.25) is 4.79 Å². The van der Waals surface area contributed by atoms with E-state index in [1.165, 1.54) is 12.8 Å². The van der Waals surface area contributed by atoms with Crippen LogP contribution in [0.25, 0.3) is 0 Å². The summed E-state index contributed by atoms with van der Waals surface area (Å²) in [6.07, 6.45) is 7.19. The van der Waals surface area contributed by atoms with Crippen LogP contribution in [0.1, 0.15) is 25.1 Å². The fourth-order valence-corrected chi connectivity index (χ4v) is 3.80. The molecule has 1 amide bonds. The molecule has 3 rings (SSSR count). The third-order valence-corrected chi connectivity index (χ3v) is 4.94. The Morgan fingerprint density at radius 2 is 2.26 bits per heavy atom. The smallest absolute Gasteiger partial charge is 0.227 e. The molecule has 2 aliphatic carbocycles. The predicted octanol–water partition coefficient (Wildman–Crippen LogP) is 0.752. The molecule has 1 aromatic heterocycles. The second kappa shape index (κ2) is 4.63. The van der Waals surface area contributed by atoms with E-state index in [-0.39, 0.29) is 17.9 Å². The average Bonchev–Trinajstić information content (AvgIpc) is 3.06. The molecular formula is C14H22N4O. The number of carbonyl (C=O) groups is 1. The summed E-state index contributed by atoms with van der Waals surface area (Å²) in [5, 5.41) is 0. The number of amides is 1. The summed E-state index contributed by atoms with van der Waals surface area (Å²) >= 11 is 0. The lowest BCUT2D eigenvalue weighted by Gasteiger charge is -2.30. The summed E-state index contributed by atoms with van der Waals surface area (Å²) in [7, 11) is 3.81. The van der Waals surface area contributed by atoms with Crippen LogP contribution in [0.5, 0.6) is 0 Å². The molecular weight excluding hydrogens is 240 g/mol. The predicted molar refractivity (Wildman–Crippen MR) is 72.0 cm³/mol. The molecule has 1 heterocycles. The van der Waals surface area contributed by atoms with E-state index in [0.29, 0.717) is 18.4 Å². The number of hydrogen-bond donors (Lipinski definition) is 1. The standard InChI is InChI=1S/C14H22N4O/c1-17-6-5-16-11(17)8-18(2)14(19)12-9-3-4-10(7-9)13(12)15/h5-6,9-10,12-13H,3-4,7-8,15H2,1-2H3. The van der Waals surface area contributed by atoms with Crippen molar-refractivity contribution in [2.75, 3.05) is 7.05 Å². The first-order chi connectivity index (χ1) is 9.08. The fraction of sp³-hybridized carbons (Fsp3) is 0.714. The number of fused-ring (bicyclic) bond motifs is 2. The van der Waals surface area contributed by atoms with Gasteiger partial charge in [0.15, 0.2) is 0 Å². The van der Waals surface area contributed by atoms with Gasteiger partial charge in [0.2, 0.25) is 5.91 Å². The van der Waals surface area contributed by atoms with Crippen LogP contribution in [0.4, 0.5) is 0 Å². The molecule has 104 valence electrons. The zero-order chi connectivity index (χ0) is 13.6. The number of aryl methyl sites for hydroxylation is 1. The minimum Gasteiger partial charge on any atom is -0.338 e. The largest absolute Gasteiger partial charge is 0.338 e. The van der Waals surface area contributed by atoms with Gasteiger partial charge in [0.05, 0.1) is 12.5 Å². The molecule has 0 saturated heterocycles. The number of nitrogens with two attached hydrogens (primary N) is 1. The van der Waals surface area contributed by atoms with Crippen LogP contribution < -0.4 is 5.73 Å². The van der Waals surface area contributed by atoms with Crippen molar-refractivity contribution in [1.29, 1.82) is 0 Å². The Labute approximate surface area is 113 Å². The van der Waals surface area contributed by atoms with E-state index in [4.69, 9.17) is 5.73 Å². The molecule has 2 aliphatic rings. The highest BCUT2D eigenvalue weighted by molar-refractivity contribution is 5.80. The first-order valence-corrected chi connectivity index (χ1v) is 7.04. The lowest BCUT2D eigenvalue weighted by atomic mass is 9.84. The van der Waals surface area contributed by atoms with Gasteiger partial charge in [-0.2, -0.15) is 0 Å². The van der Waals surface area contributed by atoms with E-state index in [0.717, 1.165) is 12.2 Å². The number of imidazole rings is 1. The van der Waals surface area contributed by atoms with Crippen LogP contribution in [0.2, 0.25) is 0 Å². The maximum absolute atomic E-state index is 12.6. The molecule has 0 aromatic carbocycles. The maximum Gasteiger partial charge on any atom is 0.227 e. The zero-order valence-electron chi connectivity index (χ0n) is 11.6. The Morgan fingerprint density at radius 1 is 1.53 bits per heavy atom. The van der Waals surface area contributed by atoms with Gasteiger partial charge in [0.1, 0.15) is 5.82 Å². The van der Waals surface area contributed by atoms with Gasteiger partial charge in [0.25, 0.3) is 0 Å². The van der Waals surface area contributed by atoms with Gasteiger partial charge in [-0.15, -0.1) is 0 Å². The second-order valence-electron chi connectivity index (χ2n) is 6.09. The van der Waals surface area contributed by atoms with Crippen molar-refractivity contribution in [3.63, 3.8) is 0 Å². The molecule has 19 heavy (non-hydrogen) atoms. The Balaban J connectivity index is 1.69. The van der Waals surface area contributed by atoms with E-state index < -0.39 is 0 Å². The molecule has 2 N–H and O–H groups in total. The highest BCUT2D eigenvalue weighted by Gasteiger charge is 2.49. The Bertz CT molecular complexity index is 482. The molecule has 0 aliphatic heterocycles. The number of rotatable bonds is 3. The van der Waals surface area contributed by atoms with Crippen LogP contribution in [0.3, 0.4) is 0 Å². The van der Waals surface area contributed by atoms with Gasteiger partial charge in [-0.05, 0) is 31.1 Å². The van der Waals surface area contributed by atoms with Gasteiger partial charge in [-0.25, -0.2) is 4.98 Å². The lowest BCUT2D eigenvalue weighted by Crippen LogP contribution is -2.45. The molecule has 0 spiro atoms. The third kappa shape index (κ3) is 2.06. The van der Waals surface area contributed by atoms with Gasteiger partial charge >= 0.3 is 0 Å². The molecule has 4 atom stereocenters. The van der Waals surface area contributed by atoms with Gasteiger partial charge in [-0.1, -0.05) is 0 Å². The topological polar surface area (TPSA) is 64.2 Å². The summed E-state index contributed by atoms with van der Waals surface area (Å²) in [4.78, 5) is 18.6. The van der Waals surface area contributed by atoms with E-state index in [1.807, 2.05) is 24.9 Å². The number of nitrogens with zero attached hydrogens (tertiary/aromatic N) is 3. The Kier molecular flexibility index (Phi) is 3.09. The fourth-order valence-electron chi connectivity index (χ4n) is 3.80. The van der Waals surface area contributed by atoms with Crippen LogP contribution >= 0.6 is 0 Å². The SMILES string of the molecule is CN(Cc1nccn1C)C(=O)C1C2CCC(C2)C1N. The molecule has 1 aromatic rings. The van der Waals surface area contributed by atoms with Crippen molar-refractivity contribution < 1.29 is 4.79 Å². The molecule has 5 heteroatoms. The van der Waals surface area contributed by atoms with Crippen molar-refractivity contribution in [1.82, 2.24) is 14.5 Å². The summed E-state index contributed by atoms with van der Waals surface area (Å²) < 4.78 is 1.95. The van der Waals surface area contributed by atoms with Crippen molar-refractivity contribution in [2.24, 2.45) is 30.5 Å². The quantitative estimate of drug-likeness (QED) is 0.874. The van der Waals surface area contributed by atoms with Gasteiger partial charge in [0, 0.05) is 32.5 Å². The Morgan fingerprint density at radius 3 is 2.84 bits per heavy atom. The third-order valence-electron chi connectivity index (χ3n) is 4.94. The molecule has 2 fully saturated rings. The normalized spacial score (nSPS) is 32.8. The van der Waals surface area contributed by atoms with Crippen molar-refractivity contribution >= 4 is 5.91 Å². The summed E-state index contributed by atoms with van der Waals surface area (Å²) in [6, 6.07) is 0.0649. The molecule has 0 radical (unpaired) electrons. The van der Waals surface area contributed by atoms with Crippen molar-refractivity contribution in [3.05, 3.63) is 18.2 Å². The van der Waals surface area contributed by atoms with Crippen molar-refractivity contribution in [3.8, 4) is 0 Å². The number of aromatic nitrogens is 2. The van der Waals surface area contributed by atoms with E-state index in [1.54, 1.807) is 11.1 Å². The van der Waals surface area contributed by atoms with Crippen LogP contribution in [-0.4, -0.2) is 33.4 Å². The highest BCUT2D eigenvalue weighted by Crippen LogP contribution is 2.48. The minimum absolute atomic E-state index is 0.0315. The van der Waals surface area contributed by atoms with Crippen molar-refractivity contribution in [2.45, 2.75) is 31.8 Å². The second-order valence-corrected chi connectivity index (χ2v) is 6.09. The van der Waals surface area contributed by atoms with E-state index in [2.05, 4.69) is 4.98 Å². The summed E-state index contributed by atoms with van der Waals surface area (Å²) in [5.74, 6) is 2.22. The number of hydrogen-bond acceptors (Lipinski definition) is 3. The van der Waals surface area contributed by atoms with Crippen LogP contribution in [-0.2, 0) is 18.4 Å². The zero-order valence-corrected chi connectivity index (χ0v) is 11.6. The van der Waals surface area contributed by atoms with Gasteiger partial charge < -0.3 is 15.2 Å². The molecule has 4 unspecified atom stereocenters. The first-order valence-electron chi connectivity index (χ1n) is 7.04. The monoisotopic (exact) mass is 262 g/mol. The lowest BCUT2D eigenvalue weighted by molar-refractivity contribution is -0.137. The Hall–Kier alpha value is -1.36. The van der Waals surface area contributed by atoms with E-state index in [9.17, 15) is 4.79 Å². The number of carbonyl (C=O) groups excluding carboxylic acids is 1. The highest BCUT2D eigenvalue weighted by atomic mass is 16.2. The summed E-state index contributed by atoms with van der Waals surface area (Å²) in [6.45, 7) is 0.558. The molecule has 5 nitrogen and oxygen atoms in total. The average molecular weight is 262 g/mol. The first kappa shape index (κ1) is 12.7. The maximum atomic E-state index is 12.6. The van der Waals surface area contributed by atoms with E-state index >= 15 is 0 Å².